The van der Waals surface area contributed by atoms with Gasteiger partial charge in [-0.15, -0.1) is 10.2 Å². The summed E-state index contributed by atoms with van der Waals surface area (Å²) in [5, 5.41) is 13.9. The van der Waals surface area contributed by atoms with Crippen molar-refractivity contribution in [3.05, 3.63) is 59.9 Å². The minimum absolute atomic E-state index is 0.0733. The summed E-state index contributed by atoms with van der Waals surface area (Å²) in [6.45, 7) is 0. The van der Waals surface area contributed by atoms with Gasteiger partial charge in [0, 0.05) is 0 Å². The number of nitrogens with one attached hydrogen (secondary N) is 2. The van der Waals surface area contributed by atoms with E-state index < -0.39 is 11.8 Å². The van der Waals surface area contributed by atoms with Gasteiger partial charge in [0.2, 0.25) is 11.0 Å². The molecule has 1 aromatic heterocycles. The fraction of sp³-hybridized carbons (Fsp3) is 0.111. The van der Waals surface area contributed by atoms with Crippen molar-refractivity contribution in [2.45, 2.75) is 4.34 Å². The molecular formula is C18H15FN4O3S2. The number of amides is 1. The number of para-hydroxylation sites is 2. The lowest BCUT2D eigenvalue weighted by molar-refractivity contribution is -0.113. The molecule has 0 unspecified atom stereocenters. The van der Waals surface area contributed by atoms with Crippen molar-refractivity contribution in [1.82, 2.24) is 10.2 Å². The SMILES string of the molecule is COC(=O)c1ccccc1NC(=O)CSc1nnc(Nc2ccccc2F)s1. The van der Waals surface area contributed by atoms with Crippen molar-refractivity contribution in [2.75, 3.05) is 23.5 Å². The van der Waals surface area contributed by atoms with Gasteiger partial charge in [-0.2, -0.15) is 0 Å². The molecule has 144 valence electrons. The van der Waals surface area contributed by atoms with Crippen molar-refractivity contribution < 1.29 is 18.7 Å². The van der Waals surface area contributed by atoms with E-state index in [0.29, 0.717) is 20.8 Å². The van der Waals surface area contributed by atoms with Gasteiger partial charge in [0.15, 0.2) is 4.34 Å². The molecule has 0 saturated carbocycles. The molecule has 2 N–H and O–H groups in total. The van der Waals surface area contributed by atoms with Crippen molar-refractivity contribution in [3.8, 4) is 0 Å². The highest BCUT2D eigenvalue weighted by atomic mass is 32.2. The second kappa shape index (κ2) is 9.29. The van der Waals surface area contributed by atoms with Gasteiger partial charge in [-0.05, 0) is 24.3 Å². The molecule has 0 radical (unpaired) electrons. The first-order valence-corrected chi connectivity index (χ1v) is 9.82. The number of carbonyl (C=O) groups excluding carboxylic acids is 2. The zero-order chi connectivity index (χ0) is 19.9. The predicted molar refractivity (Wildman–Crippen MR) is 107 cm³/mol. The molecule has 0 bridgehead atoms. The summed E-state index contributed by atoms with van der Waals surface area (Å²) in [6, 6.07) is 12.8. The third-order valence-electron chi connectivity index (χ3n) is 3.46. The smallest absolute Gasteiger partial charge is 0.339 e. The number of halogens is 1. The molecule has 0 aliphatic carbocycles. The summed E-state index contributed by atoms with van der Waals surface area (Å²) in [5.41, 5.74) is 0.946. The first-order valence-electron chi connectivity index (χ1n) is 8.02. The predicted octanol–water partition coefficient (Wildman–Crippen LogP) is 3.94. The standard InChI is InChI=1S/C18H15FN4O3S2/c1-26-16(25)11-6-2-4-8-13(11)20-15(24)10-27-18-23-22-17(28-18)21-14-9-5-3-7-12(14)19/h2-9H,10H2,1H3,(H,20,24)(H,21,22). The first kappa shape index (κ1) is 19.8. The first-order chi connectivity index (χ1) is 13.6. The highest BCUT2D eigenvalue weighted by Crippen LogP contribution is 2.28. The van der Waals surface area contributed by atoms with Crippen LogP contribution in [0.2, 0.25) is 0 Å². The molecule has 3 rings (SSSR count). The molecule has 2 aromatic carbocycles. The van der Waals surface area contributed by atoms with E-state index in [1.165, 1.54) is 36.3 Å². The normalized spacial score (nSPS) is 10.4. The molecule has 0 saturated heterocycles. The Balaban J connectivity index is 1.57. The van der Waals surface area contributed by atoms with Crippen LogP contribution in [0.1, 0.15) is 10.4 Å². The number of carbonyl (C=O) groups is 2. The Hall–Kier alpha value is -2.98. The van der Waals surface area contributed by atoms with E-state index in [1.54, 1.807) is 42.5 Å². The van der Waals surface area contributed by atoms with Gasteiger partial charge in [0.05, 0.1) is 29.8 Å². The Morgan fingerprint density at radius 3 is 2.57 bits per heavy atom. The Kier molecular flexibility index (Phi) is 6.56. The summed E-state index contributed by atoms with van der Waals surface area (Å²) in [4.78, 5) is 23.9. The number of benzene rings is 2. The van der Waals surface area contributed by atoms with E-state index in [2.05, 4.69) is 20.8 Å². The molecule has 0 aliphatic heterocycles. The zero-order valence-corrected chi connectivity index (χ0v) is 16.3. The fourth-order valence-corrected chi connectivity index (χ4v) is 3.75. The van der Waals surface area contributed by atoms with Gasteiger partial charge >= 0.3 is 5.97 Å². The summed E-state index contributed by atoms with van der Waals surface area (Å²) in [6.07, 6.45) is 0. The van der Waals surface area contributed by atoms with Gasteiger partial charge in [0.1, 0.15) is 5.82 Å². The van der Waals surface area contributed by atoms with E-state index in [9.17, 15) is 14.0 Å². The van der Waals surface area contributed by atoms with Gasteiger partial charge in [-0.3, -0.25) is 4.79 Å². The number of aromatic nitrogens is 2. The van der Waals surface area contributed by atoms with Crippen LogP contribution in [0.4, 0.5) is 20.9 Å². The number of hydrogen-bond acceptors (Lipinski definition) is 8. The Morgan fingerprint density at radius 1 is 1.11 bits per heavy atom. The molecule has 0 spiro atoms. The highest BCUT2D eigenvalue weighted by molar-refractivity contribution is 8.01. The minimum atomic E-state index is -0.531. The number of hydrogen-bond donors (Lipinski definition) is 2. The van der Waals surface area contributed by atoms with Crippen LogP contribution in [-0.4, -0.2) is 34.9 Å². The molecular weight excluding hydrogens is 403 g/mol. The van der Waals surface area contributed by atoms with Crippen molar-refractivity contribution >= 4 is 51.5 Å². The lowest BCUT2D eigenvalue weighted by Gasteiger charge is -2.08. The number of anilines is 3. The van der Waals surface area contributed by atoms with Crippen LogP contribution < -0.4 is 10.6 Å². The summed E-state index contributed by atoms with van der Waals surface area (Å²) in [5.74, 6) is -1.16. The largest absolute Gasteiger partial charge is 0.465 e. The Labute approximate surface area is 168 Å². The summed E-state index contributed by atoms with van der Waals surface area (Å²) in [7, 11) is 1.28. The highest BCUT2D eigenvalue weighted by Gasteiger charge is 2.14. The third-order valence-corrected chi connectivity index (χ3v) is 5.43. The van der Waals surface area contributed by atoms with Crippen LogP contribution in [-0.2, 0) is 9.53 Å². The minimum Gasteiger partial charge on any atom is -0.465 e. The van der Waals surface area contributed by atoms with Crippen LogP contribution in [0, 0.1) is 5.82 Å². The van der Waals surface area contributed by atoms with Crippen LogP contribution in [0.5, 0.6) is 0 Å². The van der Waals surface area contributed by atoms with Gasteiger partial charge in [-0.1, -0.05) is 47.4 Å². The maximum absolute atomic E-state index is 13.7. The van der Waals surface area contributed by atoms with Crippen LogP contribution >= 0.6 is 23.1 Å². The third kappa shape index (κ3) is 5.05. The molecule has 7 nitrogen and oxygen atoms in total. The number of esters is 1. The van der Waals surface area contributed by atoms with Gasteiger partial charge < -0.3 is 15.4 Å². The molecule has 1 amide bonds. The van der Waals surface area contributed by atoms with Crippen molar-refractivity contribution in [1.29, 1.82) is 0 Å². The second-order valence-corrected chi connectivity index (χ2v) is 7.55. The number of ether oxygens (including phenoxy) is 1. The summed E-state index contributed by atoms with van der Waals surface area (Å²) >= 11 is 2.39. The fourth-order valence-electron chi connectivity index (χ4n) is 2.19. The Bertz CT molecular complexity index is 996. The van der Waals surface area contributed by atoms with E-state index in [4.69, 9.17) is 4.74 Å². The van der Waals surface area contributed by atoms with Crippen LogP contribution in [0.3, 0.4) is 0 Å². The topological polar surface area (TPSA) is 93.2 Å². The quantitative estimate of drug-likeness (QED) is 0.443. The average Bonchev–Trinajstić information content (AvgIpc) is 3.15. The molecule has 1 heterocycles. The van der Waals surface area contributed by atoms with Gasteiger partial charge in [0.25, 0.3) is 0 Å². The Morgan fingerprint density at radius 2 is 1.82 bits per heavy atom. The van der Waals surface area contributed by atoms with Crippen molar-refractivity contribution in [2.24, 2.45) is 0 Å². The lowest BCUT2D eigenvalue weighted by Crippen LogP contribution is -2.17. The molecule has 0 fully saturated rings. The molecule has 3 aromatic rings. The molecule has 10 heteroatoms. The van der Waals surface area contributed by atoms with Gasteiger partial charge in [-0.25, -0.2) is 9.18 Å². The monoisotopic (exact) mass is 418 g/mol. The van der Waals surface area contributed by atoms with Crippen LogP contribution in [0.15, 0.2) is 52.9 Å². The second-order valence-electron chi connectivity index (χ2n) is 5.35. The van der Waals surface area contributed by atoms with E-state index in [-0.39, 0.29) is 17.2 Å². The van der Waals surface area contributed by atoms with E-state index in [1.807, 2.05) is 0 Å². The average molecular weight is 418 g/mol. The maximum atomic E-state index is 13.7. The number of nitrogens with zero attached hydrogens (tertiary/aromatic N) is 2. The number of thioether (sulfide) groups is 1. The summed E-state index contributed by atoms with van der Waals surface area (Å²) < 4.78 is 18.9. The zero-order valence-electron chi connectivity index (χ0n) is 14.6. The van der Waals surface area contributed by atoms with E-state index >= 15 is 0 Å². The molecule has 0 atom stereocenters. The maximum Gasteiger partial charge on any atom is 0.339 e. The molecule has 28 heavy (non-hydrogen) atoms. The van der Waals surface area contributed by atoms with Crippen molar-refractivity contribution in [3.63, 3.8) is 0 Å². The molecule has 0 aliphatic rings. The number of rotatable bonds is 7. The van der Waals surface area contributed by atoms with E-state index in [0.717, 1.165) is 0 Å². The lowest BCUT2D eigenvalue weighted by atomic mass is 10.2. The number of methoxy groups -OCH3 is 1. The van der Waals surface area contributed by atoms with Crippen LogP contribution in [0.25, 0.3) is 0 Å².